The summed E-state index contributed by atoms with van der Waals surface area (Å²) in [5.41, 5.74) is 2.80. The number of nitrogens with one attached hydrogen (secondary N) is 2. The van der Waals surface area contributed by atoms with Crippen molar-refractivity contribution in [2.45, 2.75) is 25.3 Å². The second-order valence-electron chi connectivity index (χ2n) is 11.2. The maximum atomic E-state index is 6.53. The van der Waals surface area contributed by atoms with Gasteiger partial charge in [-0.25, -0.2) is 4.98 Å². The highest BCUT2D eigenvalue weighted by Gasteiger charge is 2.28. The van der Waals surface area contributed by atoms with E-state index in [4.69, 9.17) is 30.4 Å². The number of hydrogen-bond acceptors (Lipinski definition) is 11. The Hall–Kier alpha value is -2.37. The van der Waals surface area contributed by atoms with E-state index in [1.807, 2.05) is 36.0 Å². The van der Waals surface area contributed by atoms with Crippen LogP contribution in [0.25, 0.3) is 0 Å². The van der Waals surface area contributed by atoms with Gasteiger partial charge in [0.15, 0.2) is 5.82 Å². The number of nitrogens with zero attached hydrogens (tertiary/aromatic N) is 5. The van der Waals surface area contributed by atoms with Crippen molar-refractivity contribution in [2.24, 2.45) is 0 Å². The summed E-state index contributed by atoms with van der Waals surface area (Å²) >= 11 is 8.36. The molecular weight excluding hydrogens is 629 g/mol. The third-order valence-corrected chi connectivity index (χ3v) is 10.7. The molecule has 0 radical (unpaired) electrons. The van der Waals surface area contributed by atoms with E-state index in [1.54, 1.807) is 20.4 Å². The molecule has 0 spiro atoms. The van der Waals surface area contributed by atoms with Crippen LogP contribution in [0.4, 0.5) is 28.8 Å². The van der Waals surface area contributed by atoms with Crippen LogP contribution in [0.2, 0.25) is 5.02 Å². The summed E-state index contributed by atoms with van der Waals surface area (Å²) in [6.07, 6.45) is 7.06. The molecule has 244 valence electrons. The first-order chi connectivity index (χ1) is 22.0. The molecule has 0 atom stereocenters. The van der Waals surface area contributed by atoms with E-state index in [-0.39, 0.29) is 0 Å². The van der Waals surface area contributed by atoms with Gasteiger partial charge in [-0.3, -0.25) is 4.90 Å². The number of aromatic nitrogens is 2. The van der Waals surface area contributed by atoms with Crippen molar-refractivity contribution < 1.29 is 13.8 Å². The Kier molecular flexibility index (Phi) is 12.8. The van der Waals surface area contributed by atoms with Crippen LogP contribution in [-0.4, -0.2) is 105 Å². The topological polar surface area (TPSA) is 87.3 Å². The molecule has 5 rings (SSSR count). The van der Waals surface area contributed by atoms with Gasteiger partial charge < -0.3 is 34.2 Å². The number of thioether (sulfide) groups is 1. The van der Waals surface area contributed by atoms with E-state index >= 15 is 0 Å². The lowest BCUT2D eigenvalue weighted by Gasteiger charge is -2.42. The maximum absolute atomic E-state index is 6.53. The van der Waals surface area contributed by atoms with E-state index in [1.165, 1.54) is 25.9 Å². The molecule has 0 bridgehead atoms. The normalized spacial score (nSPS) is 16.7. The summed E-state index contributed by atoms with van der Waals surface area (Å²) in [7, 11) is 4.24. The summed E-state index contributed by atoms with van der Waals surface area (Å²) in [6.45, 7) is 7.38. The van der Waals surface area contributed by atoms with Crippen LogP contribution in [0.3, 0.4) is 0 Å². The van der Waals surface area contributed by atoms with Crippen molar-refractivity contribution in [3.63, 3.8) is 0 Å². The van der Waals surface area contributed by atoms with Gasteiger partial charge in [0.25, 0.3) is 0 Å². The van der Waals surface area contributed by atoms with Gasteiger partial charge in [-0.1, -0.05) is 23.7 Å². The molecular formula is C32H45ClN7O3PS. The van der Waals surface area contributed by atoms with Crippen LogP contribution in [0.5, 0.6) is 5.75 Å². The molecule has 0 aliphatic carbocycles. The van der Waals surface area contributed by atoms with Crippen molar-refractivity contribution in [3.8, 4) is 5.75 Å². The predicted molar refractivity (Wildman–Crippen MR) is 190 cm³/mol. The Bertz CT molecular complexity index is 1370. The van der Waals surface area contributed by atoms with Crippen molar-refractivity contribution in [3.05, 3.63) is 53.7 Å². The molecule has 3 aromatic rings. The second kappa shape index (κ2) is 17.0. The Balaban J connectivity index is 1.30. The highest BCUT2D eigenvalue weighted by atomic mass is 35.5. The Labute approximate surface area is 278 Å². The van der Waals surface area contributed by atoms with E-state index in [2.05, 4.69) is 61.8 Å². The molecule has 0 saturated carbocycles. The summed E-state index contributed by atoms with van der Waals surface area (Å²) in [5, 5.41) is 8.01. The van der Waals surface area contributed by atoms with E-state index < -0.39 is 8.38 Å². The molecule has 2 N–H and O–H groups in total. The molecule has 13 heteroatoms. The number of ether oxygens (including phenoxy) is 1. The fourth-order valence-corrected chi connectivity index (χ4v) is 7.42. The number of anilines is 5. The molecule has 2 fully saturated rings. The summed E-state index contributed by atoms with van der Waals surface area (Å²) in [5.74, 6) is 2.86. The number of benzene rings is 2. The third-order valence-electron chi connectivity index (χ3n) is 8.26. The van der Waals surface area contributed by atoms with Crippen LogP contribution in [0, 0.1) is 0 Å². The number of para-hydroxylation sites is 1. The quantitative estimate of drug-likeness (QED) is 0.152. The molecule has 2 aromatic carbocycles. The second-order valence-corrected chi connectivity index (χ2v) is 14.3. The number of piperazine rings is 1. The van der Waals surface area contributed by atoms with Crippen molar-refractivity contribution >= 4 is 65.9 Å². The maximum Gasteiger partial charge on any atom is 0.229 e. The van der Waals surface area contributed by atoms with Gasteiger partial charge in [-0.15, -0.1) is 0 Å². The zero-order valence-corrected chi connectivity index (χ0v) is 29.1. The van der Waals surface area contributed by atoms with Crippen molar-refractivity contribution in [1.29, 1.82) is 0 Å². The SMILES string of the molecule is COP(OC)c1ccccc1Nc1nc(Nc2ccc(N3CCC(N4CCN(C)CC4)CC3)c(OCCCSC)c2)ncc1Cl. The van der Waals surface area contributed by atoms with Crippen LogP contribution in [0.1, 0.15) is 19.3 Å². The average molecular weight is 674 g/mol. The Morgan fingerprint density at radius 2 is 1.76 bits per heavy atom. The first-order valence-corrected chi connectivity index (χ1v) is 18.4. The molecule has 2 aliphatic heterocycles. The van der Waals surface area contributed by atoms with Gasteiger partial charge >= 0.3 is 0 Å². The van der Waals surface area contributed by atoms with Gasteiger partial charge in [0.05, 0.1) is 29.5 Å². The summed E-state index contributed by atoms with van der Waals surface area (Å²) in [4.78, 5) is 16.7. The summed E-state index contributed by atoms with van der Waals surface area (Å²) in [6, 6.07) is 14.8. The molecule has 2 saturated heterocycles. The zero-order valence-electron chi connectivity index (χ0n) is 26.7. The molecule has 1 aromatic heterocycles. The lowest BCUT2D eigenvalue weighted by atomic mass is 10.0. The molecule has 0 unspecified atom stereocenters. The minimum absolute atomic E-state index is 0.405. The standard InChI is InChI=1S/C32H45ClN7O3PS/c1-38-16-18-39(19-17-38)25-12-14-40(15-13-25)28-11-10-24(22-29(28)43-20-7-21-45-4)35-32-34-23-26(33)31(37-32)36-27-8-5-6-9-30(27)44(41-2)42-3/h5-6,8-11,22-23,25H,7,12-21H2,1-4H3,(H2,34,35,36,37). The zero-order chi connectivity index (χ0) is 31.6. The number of likely N-dealkylation sites (N-methyl/N-ethyl adjacent to an activating group) is 1. The Morgan fingerprint density at radius 3 is 2.49 bits per heavy atom. The fourth-order valence-electron chi connectivity index (χ4n) is 5.79. The van der Waals surface area contributed by atoms with Crippen molar-refractivity contribution in [1.82, 2.24) is 19.8 Å². The molecule has 10 nitrogen and oxygen atoms in total. The molecule has 45 heavy (non-hydrogen) atoms. The van der Waals surface area contributed by atoms with Crippen LogP contribution in [-0.2, 0) is 9.05 Å². The first-order valence-electron chi connectivity index (χ1n) is 15.5. The number of piperidine rings is 1. The molecule has 2 aliphatic rings. The smallest absolute Gasteiger partial charge is 0.229 e. The van der Waals surface area contributed by atoms with E-state index in [0.29, 0.717) is 29.4 Å². The number of rotatable bonds is 14. The van der Waals surface area contributed by atoms with E-state index in [0.717, 1.165) is 66.5 Å². The fraction of sp³-hybridized carbons (Fsp3) is 0.500. The van der Waals surface area contributed by atoms with Crippen LogP contribution >= 0.6 is 31.7 Å². The molecule has 0 amide bonds. The Morgan fingerprint density at radius 1 is 1.00 bits per heavy atom. The lowest BCUT2D eigenvalue weighted by Crippen LogP contribution is -2.52. The summed E-state index contributed by atoms with van der Waals surface area (Å²) < 4.78 is 17.5. The average Bonchev–Trinajstić information content (AvgIpc) is 3.06. The minimum Gasteiger partial charge on any atom is -0.491 e. The molecule has 3 heterocycles. The van der Waals surface area contributed by atoms with Crippen molar-refractivity contribution in [2.75, 3.05) is 94.7 Å². The van der Waals surface area contributed by atoms with Gasteiger partial charge in [0.1, 0.15) is 10.8 Å². The monoisotopic (exact) mass is 673 g/mol. The van der Waals surface area contributed by atoms with Crippen LogP contribution < -0.4 is 25.6 Å². The lowest BCUT2D eigenvalue weighted by molar-refractivity contribution is 0.0981. The minimum atomic E-state index is -1.24. The first kappa shape index (κ1) is 34.0. The van der Waals surface area contributed by atoms with Gasteiger partial charge in [0.2, 0.25) is 14.3 Å². The largest absolute Gasteiger partial charge is 0.491 e. The van der Waals surface area contributed by atoms with Crippen LogP contribution in [0.15, 0.2) is 48.7 Å². The predicted octanol–water partition coefficient (Wildman–Crippen LogP) is 6.20. The number of hydrogen-bond donors (Lipinski definition) is 2. The third kappa shape index (κ3) is 9.13. The number of halogens is 1. The highest BCUT2D eigenvalue weighted by Crippen LogP contribution is 2.39. The van der Waals surface area contributed by atoms with E-state index in [9.17, 15) is 0 Å². The van der Waals surface area contributed by atoms with Gasteiger partial charge in [0, 0.05) is 71.3 Å². The van der Waals surface area contributed by atoms with Gasteiger partial charge in [-0.05, 0) is 62.6 Å². The van der Waals surface area contributed by atoms with Gasteiger partial charge in [-0.2, -0.15) is 16.7 Å². The highest BCUT2D eigenvalue weighted by molar-refractivity contribution is 7.98.